The number of hydrogen-bond donors (Lipinski definition) is 0. The Bertz CT molecular complexity index is 194. The maximum Gasteiger partial charge on any atom is 0.173 e. The highest BCUT2D eigenvalue weighted by atomic mass is 16.8. The summed E-state index contributed by atoms with van der Waals surface area (Å²) in [4.78, 5) is 0. The van der Waals surface area contributed by atoms with Gasteiger partial charge in [0.25, 0.3) is 0 Å². The van der Waals surface area contributed by atoms with Crippen molar-refractivity contribution < 1.29 is 18.9 Å². The first-order chi connectivity index (χ1) is 6.83. The van der Waals surface area contributed by atoms with Crippen LogP contribution in [0.5, 0.6) is 0 Å². The Morgan fingerprint density at radius 2 is 1.07 bits per heavy atom. The molecule has 2 heterocycles. The Balaban J connectivity index is 1.77. The van der Waals surface area contributed by atoms with E-state index in [1.165, 1.54) is 0 Å². The summed E-state index contributed by atoms with van der Waals surface area (Å²) < 4.78 is 22.7. The van der Waals surface area contributed by atoms with Crippen LogP contribution in [0.3, 0.4) is 0 Å². The molecule has 3 rings (SSSR count). The predicted octanol–water partition coefficient (Wildman–Crippen LogP) is 1.05. The highest BCUT2D eigenvalue weighted by molar-refractivity contribution is 4.90. The lowest BCUT2D eigenvalue weighted by Crippen LogP contribution is -2.47. The van der Waals surface area contributed by atoms with Crippen LogP contribution in [-0.2, 0) is 18.9 Å². The lowest BCUT2D eigenvalue weighted by Gasteiger charge is -2.41. The van der Waals surface area contributed by atoms with Gasteiger partial charge in [-0.2, -0.15) is 0 Å². The maximum atomic E-state index is 5.69. The molecule has 0 aromatic rings. The van der Waals surface area contributed by atoms with Gasteiger partial charge < -0.3 is 18.9 Å². The second-order valence-corrected chi connectivity index (χ2v) is 4.25. The van der Waals surface area contributed by atoms with Crippen LogP contribution in [-0.4, -0.2) is 38.0 Å². The van der Waals surface area contributed by atoms with E-state index in [1.807, 2.05) is 0 Å². The minimum Gasteiger partial charge on any atom is -0.347 e. The van der Waals surface area contributed by atoms with Gasteiger partial charge in [0.15, 0.2) is 11.6 Å². The van der Waals surface area contributed by atoms with Crippen LogP contribution in [0, 0.1) is 0 Å². The van der Waals surface area contributed by atoms with Crippen molar-refractivity contribution in [3.63, 3.8) is 0 Å². The fraction of sp³-hybridized carbons (Fsp3) is 1.00. The molecule has 0 radical (unpaired) electrons. The third-order valence-electron chi connectivity index (χ3n) is 3.28. The van der Waals surface area contributed by atoms with Gasteiger partial charge in [0.1, 0.15) is 0 Å². The Morgan fingerprint density at radius 1 is 0.643 bits per heavy atom. The fourth-order valence-electron chi connectivity index (χ4n) is 2.70. The van der Waals surface area contributed by atoms with Crippen molar-refractivity contribution in [3.8, 4) is 0 Å². The standard InChI is InChI=1S/C10H16O4/c1-2-9(11-4-5-12-9)8-10(3-1)13-6-7-14-10/h1-8H2. The van der Waals surface area contributed by atoms with Gasteiger partial charge in [-0.1, -0.05) is 0 Å². The second kappa shape index (κ2) is 3.17. The quantitative estimate of drug-likeness (QED) is 0.585. The molecule has 1 saturated carbocycles. The summed E-state index contributed by atoms with van der Waals surface area (Å²) in [7, 11) is 0. The van der Waals surface area contributed by atoms with E-state index in [0.29, 0.717) is 26.4 Å². The number of hydrogen-bond acceptors (Lipinski definition) is 4. The summed E-state index contributed by atoms with van der Waals surface area (Å²) in [5.74, 6) is -0.800. The molecule has 4 heteroatoms. The average molecular weight is 200 g/mol. The summed E-state index contributed by atoms with van der Waals surface area (Å²) in [6.45, 7) is 2.82. The van der Waals surface area contributed by atoms with Gasteiger partial charge in [0.2, 0.25) is 0 Å². The molecule has 0 atom stereocenters. The van der Waals surface area contributed by atoms with Crippen LogP contribution in [0.4, 0.5) is 0 Å². The Hall–Kier alpha value is -0.160. The van der Waals surface area contributed by atoms with E-state index in [4.69, 9.17) is 18.9 Å². The zero-order chi connectivity index (χ0) is 9.49. The molecule has 0 bridgehead atoms. The van der Waals surface area contributed by atoms with E-state index in [0.717, 1.165) is 25.7 Å². The number of rotatable bonds is 0. The van der Waals surface area contributed by atoms with Crippen molar-refractivity contribution in [3.05, 3.63) is 0 Å². The SMILES string of the molecule is C1CC2(CC3(C1)OCCO3)OCCO2. The smallest absolute Gasteiger partial charge is 0.173 e. The minimum absolute atomic E-state index is 0.400. The molecule has 1 aliphatic carbocycles. The van der Waals surface area contributed by atoms with E-state index < -0.39 is 11.6 Å². The maximum absolute atomic E-state index is 5.69. The van der Waals surface area contributed by atoms with Crippen molar-refractivity contribution in [2.45, 2.75) is 37.3 Å². The molecule has 2 spiro atoms. The first kappa shape index (κ1) is 9.09. The van der Waals surface area contributed by atoms with Crippen molar-refractivity contribution in [2.75, 3.05) is 26.4 Å². The normalized spacial score (nSPS) is 34.3. The third-order valence-corrected chi connectivity index (χ3v) is 3.28. The van der Waals surface area contributed by atoms with Crippen molar-refractivity contribution >= 4 is 0 Å². The van der Waals surface area contributed by atoms with Gasteiger partial charge in [-0.25, -0.2) is 0 Å². The molecule has 0 aromatic heterocycles. The molecule has 80 valence electrons. The molecule has 3 fully saturated rings. The molecule has 0 unspecified atom stereocenters. The van der Waals surface area contributed by atoms with Crippen LogP contribution in [0.15, 0.2) is 0 Å². The fourth-order valence-corrected chi connectivity index (χ4v) is 2.70. The molecular formula is C10H16O4. The van der Waals surface area contributed by atoms with E-state index in [1.54, 1.807) is 0 Å². The molecular weight excluding hydrogens is 184 g/mol. The summed E-state index contributed by atoms with van der Waals surface area (Å²) in [6.07, 6.45) is 3.74. The zero-order valence-electron chi connectivity index (χ0n) is 8.29. The Labute approximate surface area is 83.5 Å². The van der Waals surface area contributed by atoms with Gasteiger partial charge in [-0.15, -0.1) is 0 Å². The van der Waals surface area contributed by atoms with E-state index in [-0.39, 0.29) is 0 Å². The molecule has 0 aromatic carbocycles. The lowest BCUT2D eigenvalue weighted by molar-refractivity contribution is -0.273. The molecule has 2 aliphatic heterocycles. The Morgan fingerprint density at radius 3 is 1.50 bits per heavy atom. The van der Waals surface area contributed by atoms with Crippen LogP contribution in [0.25, 0.3) is 0 Å². The summed E-state index contributed by atoms with van der Waals surface area (Å²) in [6, 6.07) is 0. The van der Waals surface area contributed by atoms with Gasteiger partial charge in [0, 0.05) is 12.8 Å². The zero-order valence-corrected chi connectivity index (χ0v) is 8.29. The molecule has 3 aliphatic rings. The topological polar surface area (TPSA) is 36.9 Å². The predicted molar refractivity (Wildman–Crippen MR) is 47.7 cm³/mol. The van der Waals surface area contributed by atoms with Gasteiger partial charge >= 0.3 is 0 Å². The molecule has 2 saturated heterocycles. The van der Waals surface area contributed by atoms with Crippen LogP contribution in [0.1, 0.15) is 25.7 Å². The first-order valence-electron chi connectivity index (χ1n) is 5.39. The second-order valence-electron chi connectivity index (χ2n) is 4.25. The van der Waals surface area contributed by atoms with E-state index in [9.17, 15) is 0 Å². The number of ether oxygens (including phenoxy) is 4. The Kier molecular flexibility index (Phi) is 2.06. The van der Waals surface area contributed by atoms with Gasteiger partial charge in [-0.3, -0.25) is 0 Å². The van der Waals surface area contributed by atoms with Gasteiger partial charge in [0.05, 0.1) is 32.8 Å². The first-order valence-corrected chi connectivity index (χ1v) is 5.39. The molecule has 4 nitrogen and oxygen atoms in total. The van der Waals surface area contributed by atoms with Crippen molar-refractivity contribution in [1.82, 2.24) is 0 Å². The highest BCUT2D eigenvalue weighted by Crippen LogP contribution is 2.44. The largest absolute Gasteiger partial charge is 0.347 e. The van der Waals surface area contributed by atoms with Crippen molar-refractivity contribution in [1.29, 1.82) is 0 Å². The van der Waals surface area contributed by atoms with Crippen LogP contribution >= 0.6 is 0 Å². The summed E-state index contributed by atoms with van der Waals surface area (Å²) >= 11 is 0. The monoisotopic (exact) mass is 200 g/mol. The van der Waals surface area contributed by atoms with Gasteiger partial charge in [-0.05, 0) is 6.42 Å². The summed E-state index contributed by atoms with van der Waals surface area (Å²) in [5, 5.41) is 0. The minimum atomic E-state index is -0.400. The lowest BCUT2D eigenvalue weighted by atomic mass is 9.88. The van der Waals surface area contributed by atoms with E-state index >= 15 is 0 Å². The molecule has 0 N–H and O–H groups in total. The average Bonchev–Trinajstić information content (AvgIpc) is 2.77. The van der Waals surface area contributed by atoms with Crippen molar-refractivity contribution in [2.24, 2.45) is 0 Å². The third kappa shape index (κ3) is 1.37. The highest BCUT2D eigenvalue weighted by Gasteiger charge is 2.51. The van der Waals surface area contributed by atoms with E-state index in [2.05, 4.69) is 0 Å². The summed E-state index contributed by atoms with van der Waals surface area (Å²) in [5.41, 5.74) is 0. The molecule has 0 amide bonds. The molecule has 14 heavy (non-hydrogen) atoms. The van der Waals surface area contributed by atoms with Crippen LogP contribution in [0.2, 0.25) is 0 Å². The van der Waals surface area contributed by atoms with Crippen LogP contribution < -0.4 is 0 Å².